The predicted octanol–water partition coefficient (Wildman–Crippen LogP) is 15.3. The van der Waals surface area contributed by atoms with Gasteiger partial charge in [0.05, 0.1) is 22.1 Å². The van der Waals surface area contributed by atoms with Crippen molar-refractivity contribution in [2.24, 2.45) is 0 Å². The Morgan fingerprint density at radius 3 is 1.80 bits per heavy atom. The summed E-state index contributed by atoms with van der Waals surface area (Å²) in [6.45, 7) is 0. The number of aromatic nitrogens is 4. The minimum absolute atomic E-state index is 0.818. The summed E-state index contributed by atoms with van der Waals surface area (Å²) in [6, 6.07) is 70.6. The standard InChI is InChI=1S/C56H32N4S/c1-2-15-35(16-3-1)59-46-24-12-10-21-40(46)41-28-27-34(32-48(41)59)52-55(57-53-44-23-11-13-25-49(44)61-56(53)58-52)60-47-31-30-43-39-20-7-6-18-37(39)38-19-8-9-22-42(38)50(43)51(47)45-29-26-33-14-4-5-17-36(33)54(45)60/h1-32H. The van der Waals surface area contributed by atoms with Crippen LogP contribution in [0, 0.1) is 0 Å². The van der Waals surface area contributed by atoms with Crippen molar-refractivity contribution in [2.45, 2.75) is 0 Å². The fraction of sp³-hybridized carbons (Fsp3) is 0. The first kappa shape index (κ1) is 33.0. The number of nitrogens with zero attached hydrogens (tertiary/aromatic N) is 4. The summed E-state index contributed by atoms with van der Waals surface area (Å²) in [6.07, 6.45) is 0. The predicted molar refractivity (Wildman–Crippen MR) is 259 cm³/mol. The maximum atomic E-state index is 5.79. The van der Waals surface area contributed by atoms with Gasteiger partial charge in [-0.25, -0.2) is 9.97 Å². The van der Waals surface area contributed by atoms with E-state index < -0.39 is 0 Å². The summed E-state index contributed by atoms with van der Waals surface area (Å²) in [7, 11) is 0. The molecular formula is C56H32N4S. The average Bonchev–Trinajstić information content (AvgIpc) is 3.98. The number of fused-ring (bicyclic) bond motifs is 18. The van der Waals surface area contributed by atoms with Crippen molar-refractivity contribution < 1.29 is 0 Å². The molecule has 61 heavy (non-hydrogen) atoms. The van der Waals surface area contributed by atoms with Crippen LogP contribution in [0.15, 0.2) is 194 Å². The third kappa shape index (κ3) is 4.53. The lowest BCUT2D eigenvalue weighted by Crippen LogP contribution is -2.03. The molecule has 0 aliphatic carbocycles. The summed E-state index contributed by atoms with van der Waals surface area (Å²) < 4.78 is 5.99. The number of benzene rings is 10. The Morgan fingerprint density at radius 2 is 0.984 bits per heavy atom. The van der Waals surface area contributed by atoms with E-state index in [0.29, 0.717) is 0 Å². The van der Waals surface area contributed by atoms with Gasteiger partial charge in [0.25, 0.3) is 0 Å². The summed E-state index contributed by atoms with van der Waals surface area (Å²) in [5.41, 5.74) is 8.45. The van der Waals surface area contributed by atoms with E-state index in [9.17, 15) is 0 Å². The molecule has 0 spiro atoms. The Morgan fingerprint density at radius 1 is 0.377 bits per heavy atom. The van der Waals surface area contributed by atoms with E-state index >= 15 is 0 Å². The average molecular weight is 793 g/mol. The fourth-order valence-electron chi connectivity index (χ4n) is 10.3. The number of thiophene rings is 1. The summed E-state index contributed by atoms with van der Waals surface area (Å²) in [4.78, 5) is 12.4. The quantitative estimate of drug-likeness (QED) is 0.167. The van der Waals surface area contributed by atoms with Crippen molar-refractivity contribution >= 4 is 118 Å². The molecule has 0 atom stereocenters. The highest BCUT2D eigenvalue weighted by molar-refractivity contribution is 7.25. The lowest BCUT2D eigenvalue weighted by molar-refractivity contribution is 1.09. The molecule has 0 saturated carbocycles. The minimum atomic E-state index is 0.818. The second-order valence-electron chi connectivity index (χ2n) is 16.1. The van der Waals surface area contributed by atoms with Crippen LogP contribution in [0.3, 0.4) is 0 Å². The molecule has 0 N–H and O–H groups in total. The number of hydrogen-bond acceptors (Lipinski definition) is 3. The van der Waals surface area contributed by atoms with Crippen LogP contribution in [-0.2, 0) is 0 Å². The Balaban J connectivity index is 1.18. The lowest BCUT2D eigenvalue weighted by Gasteiger charge is -2.15. The van der Waals surface area contributed by atoms with E-state index in [1.54, 1.807) is 11.3 Å². The molecule has 0 aliphatic rings. The molecule has 0 amide bonds. The van der Waals surface area contributed by atoms with Crippen LogP contribution in [0.5, 0.6) is 0 Å². The van der Waals surface area contributed by atoms with Gasteiger partial charge in [-0.15, -0.1) is 11.3 Å². The molecule has 0 bridgehead atoms. The smallest absolute Gasteiger partial charge is 0.165 e. The highest BCUT2D eigenvalue weighted by atomic mass is 32.1. The Hall–Kier alpha value is -7.86. The zero-order valence-electron chi connectivity index (χ0n) is 32.7. The molecule has 4 nitrogen and oxygen atoms in total. The topological polar surface area (TPSA) is 35.6 Å². The molecular weight excluding hydrogens is 761 g/mol. The van der Waals surface area contributed by atoms with Gasteiger partial charge >= 0.3 is 0 Å². The first-order valence-corrected chi connectivity index (χ1v) is 21.6. The fourth-order valence-corrected chi connectivity index (χ4v) is 11.3. The van der Waals surface area contributed by atoms with E-state index in [0.717, 1.165) is 55.0 Å². The second kappa shape index (κ2) is 12.3. The van der Waals surface area contributed by atoms with E-state index in [4.69, 9.17) is 9.97 Å². The first-order chi connectivity index (χ1) is 30.3. The van der Waals surface area contributed by atoms with Crippen molar-refractivity contribution in [2.75, 3.05) is 0 Å². The van der Waals surface area contributed by atoms with Gasteiger partial charge in [-0.05, 0) is 68.7 Å². The molecule has 0 saturated heterocycles. The van der Waals surface area contributed by atoms with Crippen molar-refractivity contribution in [3.63, 3.8) is 0 Å². The molecule has 4 aromatic heterocycles. The molecule has 4 heterocycles. The van der Waals surface area contributed by atoms with Gasteiger partial charge in [0.1, 0.15) is 16.0 Å². The summed E-state index contributed by atoms with van der Waals surface area (Å²) in [5, 5.41) is 15.9. The maximum absolute atomic E-state index is 5.79. The van der Waals surface area contributed by atoms with Gasteiger partial charge in [-0.1, -0.05) is 158 Å². The van der Waals surface area contributed by atoms with Crippen LogP contribution in [-0.4, -0.2) is 19.1 Å². The molecule has 0 aliphatic heterocycles. The second-order valence-corrected chi connectivity index (χ2v) is 17.1. The van der Waals surface area contributed by atoms with Crippen LogP contribution < -0.4 is 0 Å². The molecule has 10 aromatic carbocycles. The lowest BCUT2D eigenvalue weighted by atomic mass is 9.91. The number of para-hydroxylation sites is 2. The SMILES string of the molecule is c1ccc(-n2c3ccccc3c3ccc(-c4nc5sc6ccccc6c5nc4-n4c5ccc6c7ccccc7c7ccccc7c6c5c5ccc6ccccc6c54)cc32)cc1. The van der Waals surface area contributed by atoms with Crippen molar-refractivity contribution in [1.82, 2.24) is 19.1 Å². The van der Waals surface area contributed by atoms with Crippen molar-refractivity contribution in [3.8, 4) is 22.8 Å². The number of rotatable bonds is 3. The highest BCUT2D eigenvalue weighted by Gasteiger charge is 2.25. The third-order valence-corrected chi connectivity index (χ3v) is 13.9. The van der Waals surface area contributed by atoms with Gasteiger partial charge in [0.15, 0.2) is 5.82 Å². The van der Waals surface area contributed by atoms with Gasteiger partial charge in [-0.3, -0.25) is 4.57 Å². The van der Waals surface area contributed by atoms with Crippen LogP contribution in [0.25, 0.3) is 130 Å². The molecule has 14 rings (SSSR count). The summed E-state index contributed by atoms with van der Waals surface area (Å²) >= 11 is 1.71. The number of hydrogen-bond donors (Lipinski definition) is 0. The van der Waals surface area contributed by atoms with Gasteiger partial charge < -0.3 is 4.57 Å². The van der Waals surface area contributed by atoms with Crippen molar-refractivity contribution in [1.29, 1.82) is 0 Å². The molecule has 5 heteroatoms. The molecule has 0 fully saturated rings. The minimum Gasteiger partial charge on any atom is -0.309 e. The maximum Gasteiger partial charge on any atom is 0.165 e. The molecule has 282 valence electrons. The summed E-state index contributed by atoms with van der Waals surface area (Å²) in [5.74, 6) is 0.818. The van der Waals surface area contributed by atoms with E-state index in [1.807, 2.05) is 0 Å². The normalized spacial score (nSPS) is 12.3. The Bertz CT molecular complexity index is 4140. The largest absolute Gasteiger partial charge is 0.309 e. The molecule has 0 unspecified atom stereocenters. The zero-order chi connectivity index (χ0) is 39.8. The molecule has 14 aromatic rings. The van der Waals surface area contributed by atoms with Crippen molar-refractivity contribution in [3.05, 3.63) is 194 Å². The van der Waals surface area contributed by atoms with Crippen LogP contribution in [0.1, 0.15) is 0 Å². The van der Waals surface area contributed by atoms with E-state index in [1.165, 1.54) is 74.9 Å². The highest BCUT2D eigenvalue weighted by Crippen LogP contribution is 2.47. The van der Waals surface area contributed by atoms with Crippen LogP contribution >= 0.6 is 11.3 Å². The van der Waals surface area contributed by atoms with Crippen LogP contribution in [0.2, 0.25) is 0 Å². The molecule has 0 radical (unpaired) electrons. The Kier molecular flexibility index (Phi) is 6.68. The zero-order valence-corrected chi connectivity index (χ0v) is 33.5. The van der Waals surface area contributed by atoms with E-state index in [2.05, 4.69) is 203 Å². The van der Waals surface area contributed by atoms with Gasteiger partial charge in [0.2, 0.25) is 0 Å². The van der Waals surface area contributed by atoms with Crippen LogP contribution in [0.4, 0.5) is 0 Å². The third-order valence-electron chi connectivity index (χ3n) is 12.9. The van der Waals surface area contributed by atoms with E-state index in [-0.39, 0.29) is 0 Å². The van der Waals surface area contributed by atoms with Gasteiger partial charge in [-0.2, -0.15) is 0 Å². The Labute approximate surface area is 352 Å². The van der Waals surface area contributed by atoms with Gasteiger partial charge in [0, 0.05) is 53.7 Å². The first-order valence-electron chi connectivity index (χ1n) is 20.8. The monoisotopic (exact) mass is 792 g/mol.